The summed E-state index contributed by atoms with van der Waals surface area (Å²) in [5.74, 6) is 2.31. The molecule has 3 heterocycles. The van der Waals surface area contributed by atoms with E-state index in [1.54, 1.807) is 7.11 Å². The van der Waals surface area contributed by atoms with Crippen molar-refractivity contribution in [3.8, 4) is 11.5 Å². The molecule has 2 fully saturated rings. The zero-order valence-electron chi connectivity index (χ0n) is 22.8. The minimum Gasteiger partial charge on any atom is -0.496 e. The van der Waals surface area contributed by atoms with Gasteiger partial charge in [0.05, 0.1) is 18.9 Å². The molecule has 0 spiro atoms. The number of likely N-dealkylation sites (tertiary alicyclic amines) is 1. The van der Waals surface area contributed by atoms with Crippen LogP contribution in [0.1, 0.15) is 44.6 Å². The predicted octanol–water partition coefficient (Wildman–Crippen LogP) is 4.16. The molecule has 1 unspecified atom stereocenters. The van der Waals surface area contributed by atoms with E-state index < -0.39 is 0 Å². The van der Waals surface area contributed by atoms with E-state index in [0.29, 0.717) is 18.1 Å². The molecule has 8 nitrogen and oxygen atoms in total. The lowest BCUT2D eigenvalue weighted by molar-refractivity contribution is -0.125. The zero-order chi connectivity index (χ0) is 26.5. The molecular weight excluding hydrogens is 480 g/mol. The molecule has 0 bridgehead atoms. The number of nitrogens with zero attached hydrogens (tertiary/aromatic N) is 4. The normalized spacial score (nSPS) is 20.8. The quantitative estimate of drug-likeness (QED) is 0.521. The highest BCUT2D eigenvalue weighted by molar-refractivity contribution is 6.39. The van der Waals surface area contributed by atoms with Crippen molar-refractivity contribution in [1.29, 1.82) is 0 Å². The number of benzene rings is 2. The van der Waals surface area contributed by atoms with Gasteiger partial charge in [0.1, 0.15) is 23.3 Å². The average Bonchev–Trinajstić information content (AvgIpc) is 3.41. The van der Waals surface area contributed by atoms with Gasteiger partial charge in [-0.25, -0.2) is 0 Å². The topological polar surface area (TPSA) is 66.8 Å². The predicted molar refractivity (Wildman–Crippen MR) is 149 cm³/mol. The highest BCUT2D eigenvalue weighted by atomic mass is 16.6. The van der Waals surface area contributed by atoms with Crippen LogP contribution in [-0.4, -0.2) is 86.5 Å². The van der Waals surface area contributed by atoms with Gasteiger partial charge in [-0.3, -0.25) is 9.69 Å². The number of ether oxygens (including phenoxy) is 2. The Bertz CT molecular complexity index is 1120. The van der Waals surface area contributed by atoms with Crippen LogP contribution in [0.2, 0.25) is 0 Å². The van der Waals surface area contributed by atoms with Crippen molar-refractivity contribution in [2.24, 2.45) is 5.16 Å². The lowest BCUT2D eigenvalue weighted by Gasteiger charge is -2.37. The molecule has 38 heavy (non-hydrogen) atoms. The number of hydrogen-bond donors (Lipinski definition) is 0. The van der Waals surface area contributed by atoms with Crippen molar-refractivity contribution < 1.29 is 19.1 Å². The van der Waals surface area contributed by atoms with Crippen molar-refractivity contribution in [1.82, 2.24) is 9.80 Å². The molecule has 1 atom stereocenters. The molecule has 0 saturated carbocycles. The molecule has 2 aromatic carbocycles. The Labute approximate surface area is 226 Å². The monoisotopic (exact) mass is 520 g/mol. The van der Waals surface area contributed by atoms with Gasteiger partial charge in [0.15, 0.2) is 0 Å². The fourth-order valence-electron chi connectivity index (χ4n) is 5.76. The number of rotatable bonds is 8. The third-order valence-corrected chi connectivity index (χ3v) is 7.74. The zero-order valence-corrected chi connectivity index (χ0v) is 22.8. The SMILES string of the molecule is COc1ccccc1C1CCN(C(=O)C2=NOC(CN3CCN(c4ccccc4OC(C)C)CC3)C2)CC1. The summed E-state index contributed by atoms with van der Waals surface area (Å²) in [7, 11) is 1.72. The summed E-state index contributed by atoms with van der Waals surface area (Å²) >= 11 is 0. The number of para-hydroxylation sites is 3. The van der Waals surface area contributed by atoms with Gasteiger partial charge in [-0.05, 0) is 56.4 Å². The van der Waals surface area contributed by atoms with Crippen molar-refractivity contribution in [3.05, 3.63) is 54.1 Å². The maximum absolute atomic E-state index is 13.2. The van der Waals surface area contributed by atoms with Gasteiger partial charge < -0.3 is 24.1 Å². The Hall–Kier alpha value is -3.26. The lowest BCUT2D eigenvalue weighted by atomic mass is 9.88. The summed E-state index contributed by atoms with van der Waals surface area (Å²) in [6, 6.07) is 16.5. The standard InChI is InChI=1S/C30H40N4O4/c1-22(2)37-29-11-7-5-9-27(29)33-18-16-32(17-19-33)21-24-20-26(31-38-24)30(35)34-14-12-23(13-15-34)25-8-4-6-10-28(25)36-3/h4-11,22-24H,12-21H2,1-3H3. The van der Waals surface area contributed by atoms with Gasteiger partial charge in [-0.1, -0.05) is 35.5 Å². The number of carbonyl (C=O) groups excluding carboxylic acids is 1. The Morgan fingerprint density at radius 3 is 2.37 bits per heavy atom. The van der Waals surface area contributed by atoms with Crippen LogP contribution in [0.5, 0.6) is 11.5 Å². The molecule has 2 aromatic rings. The summed E-state index contributed by atoms with van der Waals surface area (Å²) in [5, 5.41) is 4.22. The first-order valence-corrected chi connectivity index (χ1v) is 13.9. The molecule has 0 radical (unpaired) electrons. The molecule has 5 rings (SSSR count). The van der Waals surface area contributed by atoms with E-state index in [1.165, 1.54) is 5.56 Å². The first-order chi connectivity index (χ1) is 18.5. The van der Waals surface area contributed by atoms with Crippen molar-refractivity contribution in [3.63, 3.8) is 0 Å². The molecule has 0 N–H and O–H groups in total. The number of anilines is 1. The first-order valence-electron chi connectivity index (χ1n) is 13.9. The van der Waals surface area contributed by atoms with E-state index >= 15 is 0 Å². The van der Waals surface area contributed by atoms with Crippen LogP contribution in [0.4, 0.5) is 5.69 Å². The Balaban J connectivity index is 1.07. The van der Waals surface area contributed by atoms with Gasteiger partial charge in [0.2, 0.25) is 0 Å². The Kier molecular flexibility index (Phi) is 8.37. The summed E-state index contributed by atoms with van der Waals surface area (Å²) in [4.78, 5) is 25.6. The van der Waals surface area contributed by atoms with Gasteiger partial charge in [-0.15, -0.1) is 0 Å². The molecular formula is C30H40N4O4. The summed E-state index contributed by atoms with van der Waals surface area (Å²) in [6.07, 6.45) is 2.52. The van der Waals surface area contributed by atoms with E-state index in [2.05, 4.69) is 53.1 Å². The number of piperazine rings is 1. The molecule has 3 aliphatic heterocycles. The number of amides is 1. The van der Waals surface area contributed by atoms with Gasteiger partial charge in [-0.2, -0.15) is 0 Å². The summed E-state index contributed by atoms with van der Waals surface area (Å²) in [5.41, 5.74) is 2.95. The van der Waals surface area contributed by atoms with Crippen molar-refractivity contribution in [2.45, 2.75) is 51.2 Å². The number of methoxy groups -OCH3 is 1. The second-order valence-electron chi connectivity index (χ2n) is 10.7. The molecule has 1 amide bonds. The summed E-state index contributed by atoms with van der Waals surface area (Å²) < 4.78 is 11.6. The van der Waals surface area contributed by atoms with E-state index in [-0.39, 0.29) is 18.1 Å². The fraction of sp³-hybridized carbons (Fsp3) is 0.533. The van der Waals surface area contributed by atoms with Gasteiger partial charge in [0.25, 0.3) is 5.91 Å². The van der Waals surface area contributed by atoms with Gasteiger partial charge in [0, 0.05) is 52.2 Å². The van der Waals surface area contributed by atoms with Crippen molar-refractivity contribution >= 4 is 17.3 Å². The fourth-order valence-corrected chi connectivity index (χ4v) is 5.76. The largest absolute Gasteiger partial charge is 0.496 e. The number of piperidine rings is 1. The number of hydrogen-bond acceptors (Lipinski definition) is 7. The molecule has 204 valence electrons. The van der Waals surface area contributed by atoms with Crippen LogP contribution in [-0.2, 0) is 9.63 Å². The van der Waals surface area contributed by atoms with Crippen LogP contribution < -0.4 is 14.4 Å². The van der Waals surface area contributed by atoms with Crippen LogP contribution in [0, 0.1) is 0 Å². The lowest BCUT2D eigenvalue weighted by Crippen LogP contribution is -2.49. The Morgan fingerprint density at radius 2 is 1.66 bits per heavy atom. The van der Waals surface area contributed by atoms with E-state index in [9.17, 15) is 4.79 Å². The molecule has 0 aliphatic carbocycles. The third kappa shape index (κ3) is 6.07. The van der Waals surface area contributed by atoms with Crippen LogP contribution in [0.3, 0.4) is 0 Å². The van der Waals surface area contributed by atoms with Crippen LogP contribution in [0.25, 0.3) is 0 Å². The summed E-state index contributed by atoms with van der Waals surface area (Å²) in [6.45, 7) is 10.1. The second kappa shape index (κ2) is 12.1. The molecule has 3 aliphatic rings. The van der Waals surface area contributed by atoms with Crippen molar-refractivity contribution in [2.75, 3.05) is 57.8 Å². The van der Waals surface area contributed by atoms with E-state index in [1.807, 2.05) is 29.2 Å². The highest BCUT2D eigenvalue weighted by Gasteiger charge is 2.33. The maximum atomic E-state index is 13.2. The number of carbonyl (C=O) groups is 1. The smallest absolute Gasteiger partial charge is 0.271 e. The Morgan fingerprint density at radius 1 is 0.974 bits per heavy atom. The molecule has 0 aromatic heterocycles. The second-order valence-corrected chi connectivity index (χ2v) is 10.7. The maximum Gasteiger partial charge on any atom is 0.271 e. The third-order valence-electron chi connectivity index (χ3n) is 7.74. The molecule has 2 saturated heterocycles. The van der Waals surface area contributed by atoms with E-state index in [0.717, 1.165) is 75.8 Å². The minimum atomic E-state index is -0.0665. The van der Waals surface area contributed by atoms with Gasteiger partial charge >= 0.3 is 0 Å². The highest BCUT2D eigenvalue weighted by Crippen LogP contribution is 2.34. The van der Waals surface area contributed by atoms with Crippen LogP contribution in [0.15, 0.2) is 53.7 Å². The molecule has 8 heteroatoms. The minimum absolute atomic E-state index is 0.0255. The first kappa shape index (κ1) is 26.4. The number of oxime groups is 1. The average molecular weight is 521 g/mol. The van der Waals surface area contributed by atoms with Crippen LogP contribution >= 0.6 is 0 Å². The van der Waals surface area contributed by atoms with E-state index in [4.69, 9.17) is 14.3 Å².